The van der Waals surface area contributed by atoms with Crippen LogP contribution in [-0.2, 0) is 19.5 Å². The van der Waals surface area contributed by atoms with Crippen molar-refractivity contribution >= 4 is 56.0 Å². The van der Waals surface area contributed by atoms with Crippen LogP contribution in [0.15, 0.2) is 337 Å². The van der Waals surface area contributed by atoms with Crippen molar-refractivity contribution in [3.63, 3.8) is 0 Å². The normalized spacial score (nSPS) is 13.6. The molecule has 0 unspecified atom stereocenters. The second kappa shape index (κ2) is 27.9. The number of benzene rings is 12. The van der Waals surface area contributed by atoms with E-state index in [0.29, 0.717) is 44.5 Å². The molecule has 17 rings (SSSR count). The molecule has 13 heteroatoms. The van der Waals surface area contributed by atoms with Gasteiger partial charge in [-0.15, -0.1) is 22.1 Å². The molecule has 2 aromatic heterocycles. The molecule has 0 fully saturated rings. The van der Waals surface area contributed by atoms with Crippen LogP contribution in [0.4, 0.5) is 35.1 Å². The maximum absolute atomic E-state index is 18.5. The zero-order chi connectivity index (χ0) is 70.7. The Labute approximate surface area is 611 Å². The van der Waals surface area contributed by atoms with Crippen LogP contribution in [0.25, 0.3) is 89.1 Å². The molecule has 12 aromatic carbocycles. The number of allylic oxidation sites excluding steroid dienone is 4. The van der Waals surface area contributed by atoms with Crippen LogP contribution in [0, 0.1) is 46.5 Å². The van der Waals surface area contributed by atoms with E-state index in [4.69, 9.17) is 20.0 Å². The molecule has 4 heterocycles. The molecule has 3 aliphatic rings. The number of fused-ring (bicyclic) bond motifs is 10. The first kappa shape index (κ1) is 66.8. The number of aromatic nitrogens is 2. The summed E-state index contributed by atoms with van der Waals surface area (Å²) in [5, 5.41) is -0.339. The quantitative estimate of drug-likeness (QED) is 0.0904. The molecule has 2 aliphatic heterocycles. The van der Waals surface area contributed by atoms with Gasteiger partial charge in [-0.3, -0.25) is 0 Å². The van der Waals surface area contributed by atoms with Gasteiger partial charge in [0.1, 0.15) is 46.5 Å². The number of halogens is 8. The molecule has 8 bridgehead atoms. The van der Waals surface area contributed by atoms with E-state index in [9.17, 15) is 0 Å². The fourth-order valence-corrected chi connectivity index (χ4v) is 14.7. The van der Waals surface area contributed by atoms with Crippen molar-refractivity contribution in [2.45, 2.75) is 0 Å². The molecule has 4 nitrogen and oxygen atoms in total. The van der Waals surface area contributed by atoms with Crippen molar-refractivity contribution in [3.05, 3.63) is 440 Å². The fraction of sp³-hybridized carbons (Fsp3) is 0. The Morgan fingerprint density at radius 3 is 0.638 bits per heavy atom. The molecule has 1 aliphatic carbocycles. The summed E-state index contributed by atoms with van der Waals surface area (Å²) in [7, 11) is 0. The predicted molar refractivity (Wildman–Crippen MR) is 397 cm³/mol. The van der Waals surface area contributed by atoms with Crippen LogP contribution >= 0.6 is 0 Å². The molecule has 0 atom stereocenters. The van der Waals surface area contributed by atoms with Gasteiger partial charge in [0.25, 0.3) is 0 Å². The van der Waals surface area contributed by atoms with Crippen molar-refractivity contribution in [2.24, 2.45) is 9.98 Å². The standard InChI is InChI=1S/C92H52F8N4.Zn/c93-61-45-25-46-62(94)77(61)81-85-69(53-29-9-1-10-30-53)70(54-31-11-2-12-32-54)86(101-85)82(78-63(95)47-26-48-64(78)96)88-73(57-37-17-5-18-38-57)74(58-39-19-6-20-40-58)90(103-88)84(80-67(99)51-28-52-68(80)100)92-76(60-43-23-8-24-44-60)75(59-41-21-7-22-42-59)91(104-92)83(79-65(97)49-27-50-66(79)98)89-72(56-35-15-4-16-36-56)71(87(81)102-89)55-33-13-3-14-34-55;/h1-52H;/q-2;+2. The monoisotopic (exact) mass is 1430 g/mol. The van der Waals surface area contributed by atoms with Crippen LogP contribution in [0.3, 0.4) is 0 Å². The van der Waals surface area contributed by atoms with Crippen molar-refractivity contribution in [1.29, 1.82) is 0 Å². The van der Waals surface area contributed by atoms with Crippen LogP contribution in [0.5, 0.6) is 0 Å². The van der Waals surface area contributed by atoms with E-state index in [2.05, 4.69) is 0 Å². The molecule has 0 N–H and O–H groups in total. The fourth-order valence-electron chi connectivity index (χ4n) is 14.7. The largest absolute Gasteiger partial charge is 2.00 e. The predicted octanol–water partition coefficient (Wildman–Crippen LogP) is 21.1. The number of nitrogens with zero attached hydrogens (tertiary/aromatic N) is 4. The summed E-state index contributed by atoms with van der Waals surface area (Å²) in [5.74, 6) is -8.64. The van der Waals surface area contributed by atoms with E-state index < -0.39 is 68.8 Å². The summed E-state index contributed by atoms with van der Waals surface area (Å²) in [6.07, 6.45) is 0. The van der Waals surface area contributed by atoms with E-state index in [0.717, 1.165) is 48.5 Å². The Balaban J connectivity index is 0.00000847. The van der Waals surface area contributed by atoms with Crippen molar-refractivity contribution < 1.29 is 54.6 Å². The van der Waals surface area contributed by atoms with Crippen molar-refractivity contribution in [3.8, 4) is 44.5 Å². The van der Waals surface area contributed by atoms with E-state index in [1.807, 2.05) is 0 Å². The topological polar surface area (TPSA) is 52.9 Å². The molecular formula is C92H52F8N4Zn. The maximum atomic E-state index is 18.5. The van der Waals surface area contributed by atoms with Gasteiger partial charge in [-0.2, -0.15) is 0 Å². The van der Waals surface area contributed by atoms with E-state index >= 15 is 35.1 Å². The molecule has 14 aromatic rings. The van der Waals surface area contributed by atoms with E-state index in [1.54, 1.807) is 243 Å². The summed E-state index contributed by atoms with van der Waals surface area (Å²) >= 11 is 0. The summed E-state index contributed by atoms with van der Waals surface area (Å²) < 4.78 is 148. The summed E-state index contributed by atoms with van der Waals surface area (Å²) in [6, 6.07) is 84.8. The third-order valence-corrected chi connectivity index (χ3v) is 19.0. The first-order valence-electron chi connectivity index (χ1n) is 33.6. The van der Waals surface area contributed by atoms with Gasteiger partial charge in [-0.25, -0.2) is 45.1 Å². The van der Waals surface area contributed by atoms with Gasteiger partial charge in [0.05, 0.1) is 45.1 Å². The van der Waals surface area contributed by atoms with Gasteiger partial charge in [0.2, 0.25) is 0 Å². The molecule has 0 saturated heterocycles. The number of hydrogen-bond acceptors (Lipinski definition) is 2. The van der Waals surface area contributed by atoms with Gasteiger partial charge >= 0.3 is 19.5 Å². The third kappa shape index (κ3) is 11.5. The zero-order valence-electron chi connectivity index (χ0n) is 55.5. The minimum absolute atomic E-state index is 0. The molecule has 105 heavy (non-hydrogen) atoms. The molecule has 498 valence electrons. The van der Waals surface area contributed by atoms with Gasteiger partial charge < -0.3 is 9.97 Å². The third-order valence-electron chi connectivity index (χ3n) is 19.0. The Kier molecular flexibility index (Phi) is 17.8. The number of aliphatic imine (C=N–C) groups is 2. The Morgan fingerprint density at radius 2 is 0.390 bits per heavy atom. The first-order chi connectivity index (χ1) is 51.0. The van der Waals surface area contributed by atoms with Gasteiger partial charge in [0.15, 0.2) is 0 Å². The molecule has 0 radical (unpaired) electrons. The SMILES string of the molecule is Fc1cccc(F)c1C1=C2N=C(C(c3ccccc3)=C2c2ccccc2)C(c2c(F)cccc2F)=c2[n-]c(c(-c3ccccc3)c2-c2ccccc2)=C(c2c(F)cccc2F)C2=NC(=C(c3c(F)cccc3F)c3[n-]c1c(-c1ccccc1)c3-c1ccccc1)C(c1ccccc1)=C2c1ccccc1.[Zn+2]. The van der Waals surface area contributed by atoms with Crippen molar-refractivity contribution in [2.75, 3.05) is 0 Å². The van der Waals surface area contributed by atoms with Crippen LogP contribution in [0.1, 0.15) is 55.9 Å². The minimum Gasteiger partial charge on any atom is -0.656 e. The Morgan fingerprint density at radius 1 is 0.181 bits per heavy atom. The summed E-state index contributed by atoms with van der Waals surface area (Å²) in [5.41, 5.74) is -0.0138. The van der Waals surface area contributed by atoms with E-state index in [-0.39, 0.29) is 131 Å². The van der Waals surface area contributed by atoms with Crippen LogP contribution in [0.2, 0.25) is 0 Å². The number of rotatable bonds is 12. The molecular weight excluding hydrogens is 1380 g/mol. The molecule has 0 spiro atoms. The average Bonchev–Trinajstić information content (AvgIpc) is 1.55. The molecule has 0 saturated carbocycles. The minimum atomic E-state index is -1.08. The summed E-state index contributed by atoms with van der Waals surface area (Å²) in [6.45, 7) is 0. The Hall–Kier alpha value is -12.7. The Bertz CT molecular complexity index is 5670. The smallest absolute Gasteiger partial charge is 0.656 e. The zero-order valence-corrected chi connectivity index (χ0v) is 58.5. The number of hydrogen-bond donors (Lipinski definition) is 0. The maximum Gasteiger partial charge on any atom is 2.00 e. The van der Waals surface area contributed by atoms with Gasteiger partial charge in [-0.05, 0) is 138 Å². The van der Waals surface area contributed by atoms with Crippen LogP contribution in [-0.4, -0.2) is 11.4 Å². The van der Waals surface area contributed by atoms with Gasteiger partial charge in [0, 0.05) is 22.3 Å². The second-order valence-corrected chi connectivity index (χ2v) is 25.1. The summed E-state index contributed by atoms with van der Waals surface area (Å²) in [4.78, 5) is 23.0. The van der Waals surface area contributed by atoms with E-state index in [1.165, 1.54) is 24.3 Å². The molecule has 0 amide bonds. The average molecular weight is 1430 g/mol. The van der Waals surface area contributed by atoms with Gasteiger partial charge in [-0.1, -0.05) is 267 Å². The van der Waals surface area contributed by atoms with Crippen molar-refractivity contribution in [1.82, 2.24) is 9.97 Å². The first-order valence-corrected chi connectivity index (χ1v) is 33.6. The second-order valence-electron chi connectivity index (χ2n) is 25.1. The van der Waals surface area contributed by atoms with Crippen LogP contribution < -0.4 is 20.7 Å².